The molecule has 0 saturated heterocycles. The molecule has 2 heterocycles. The lowest BCUT2D eigenvalue weighted by atomic mass is 10.2. The Morgan fingerprint density at radius 1 is 0.968 bits per heavy atom. The predicted molar refractivity (Wildman–Crippen MR) is 122 cm³/mol. The average Bonchev–Trinajstić information content (AvgIpc) is 3.32. The second-order valence-electron chi connectivity index (χ2n) is 6.88. The second-order valence-corrected chi connectivity index (χ2v) is 8.92. The van der Waals surface area contributed by atoms with Gasteiger partial charge in [0.1, 0.15) is 14.8 Å². The predicted octanol–water partition coefficient (Wildman–Crippen LogP) is 8.67. The monoisotopic (exact) mass is 460 g/mol. The molecule has 160 valence electrons. The van der Waals surface area contributed by atoms with Crippen LogP contribution in [0.3, 0.4) is 0 Å². The van der Waals surface area contributed by atoms with Crippen molar-refractivity contribution in [3.05, 3.63) is 60.2 Å². The molecule has 1 N–H and O–H groups in total. The van der Waals surface area contributed by atoms with E-state index in [9.17, 15) is 13.2 Å². The highest BCUT2D eigenvalue weighted by Crippen LogP contribution is 2.39. The first-order chi connectivity index (χ1) is 14.9. The summed E-state index contributed by atoms with van der Waals surface area (Å²) < 4.78 is 38.9. The lowest BCUT2D eigenvalue weighted by Crippen LogP contribution is -2.03. The molecule has 2 aromatic carbocycles. The van der Waals surface area contributed by atoms with Crippen LogP contribution in [0.2, 0.25) is 0 Å². The Balaban J connectivity index is 1.44. The quantitative estimate of drug-likeness (QED) is 0.221. The number of thiophene rings is 1. The van der Waals surface area contributed by atoms with E-state index < -0.39 is 11.7 Å². The molecular formula is C22H19F3N4S2. The van der Waals surface area contributed by atoms with E-state index in [0.717, 1.165) is 57.3 Å². The van der Waals surface area contributed by atoms with Crippen molar-refractivity contribution < 1.29 is 13.2 Å². The van der Waals surface area contributed by atoms with E-state index in [2.05, 4.69) is 46.7 Å². The van der Waals surface area contributed by atoms with Crippen LogP contribution < -0.4 is 5.32 Å². The Hall–Kier alpha value is -2.78. The molecule has 0 saturated carbocycles. The van der Waals surface area contributed by atoms with Crippen LogP contribution in [0.4, 0.5) is 29.5 Å². The van der Waals surface area contributed by atoms with Crippen molar-refractivity contribution in [2.75, 3.05) is 11.9 Å². The summed E-state index contributed by atoms with van der Waals surface area (Å²) in [5.41, 5.74) is 1.82. The first-order valence-corrected chi connectivity index (χ1v) is 11.4. The Bertz CT molecular complexity index is 1140. The molecule has 0 unspecified atom stereocenters. The summed E-state index contributed by atoms with van der Waals surface area (Å²) in [4.78, 5) is 5.56. The zero-order chi connectivity index (χ0) is 21.8. The number of thiazole rings is 1. The number of alkyl halides is 3. The second kappa shape index (κ2) is 9.15. The highest BCUT2D eigenvalue weighted by atomic mass is 32.1. The van der Waals surface area contributed by atoms with Crippen molar-refractivity contribution in [3.8, 4) is 10.6 Å². The Kier molecular flexibility index (Phi) is 6.33. The van der Waals surface area contributed by atoms with E-state index in [4.69, 9.17) is 4.98 Å². The lowest BCUT2D eigenvalue weighted by Gasteiger charge is -2.05. The van der Waals surface area contributed by atoms with Gasteiger partial charge in [-0.1, -0.05) is 24.7 Å². The molecule has 4 aromatic rings. The number of rotatable bonds is 7. The molecule has 31 heavy (non-hydrogen) atoms. The molecule has 0 radical (unpaired) electrons. The summed E-state index contributed by atoms with van der Waals surface area (Å²) in [5.74, 6) is 0. The summed E-state index contributed by atoms with van der Waals surface area (Å²) in [5, 5.41) is 13.2. The number of unbranched alkanes of at least 4 members (excludes halogenated alkanes) is 1. The van der Waals surface area contributed by atoms with Gasteiger partial charge in [0.2, 0.25) is 0 Å². The van der Waals surface area contributed by atoms with Gasteiger partial charge in [-0.05, 0) is 61.0 Å². The van der Waals surface area contributed by atoms with Crippen molar-refractivity contribution in [1.29, 1.82) is 0 Å². The molecule has 0 bridgehead atoms. The van der Waals surface area contributed by atoms with Crippen LogP contribution in [0.15, 0.2) is 64.8 Å². The number of fused-ring (bicyclic) bond motifs is 1. The first kappa shape index (κ1) is 21.5. The van der Waals surface area contributed by atoms with Crippen molar-refractivity contribution in [2.45, 2.75) is 25.9 Å². The maximum atomic E-state index is 12.6. The number of halogens is 3. The maximum absolute atomic E-state index is 12.6. The van der Waals surface area contributed by atoms with E-state index in [1.807, 2.05) is 6.07 Å². The smallest absolute Gasteiger partial charge is 0.385 e. The third-order valence-corrected chi connectivity index (χ3v) is 6.62. The summed E-state index contributed by atoms with van der Waals surface area (Å²) >= 11 is 2.98. The van der Waals surface area contributed by atoms with Gasteiger partial charge in [0.15, 0.2) is 0 Å². The fraction of sp³-hybridized carbons (Fsp3) is 0.227. The number of nitrogens with zero attached hydrogens (tertiary/aromatic N) is 3. The van der Waals surface area contributed by atoms with Crippen LogP contribution in [0.5, 0.6) is 0 Å². The summed E-state index contributed by atoms with van der Waals surface area (Å²) in [6.45, 7) is 3.13. The Labute approximate surface area is 185 Å². The highest BCUT2D eigenvalue weighted by molar-refractivity contribution is 7.30. The van der Waals surface area contributed by atoms with Crippen LogP contribution in [0.25, 0.3) is 20.1 Å². The van der Waals surface area contributed by atoms with Crippen LogP contribution in [0.1, 0.15) is 25.3 Å². The molecule has 0 aliphatic heterocycles. The topological polar surface area (TPSA) is 49.6 Å². The van der Waals surface area contributed by atoms with Gasteiger partial charge in [0.05, 0.1) is 16.0 Å². The Morgan fingerprint density at radius 3 is 2.35 bits per heavy atom. The number of anilines is 1. The van der Waals surface area contributed by atoms with Gasteiger partial charge in [0.25, 0.3) is 0 Å². The minimum atomic E-state index is -4.36. The zero-order valence-corrected chi connectivity index (χ0v) is 18.2. The fourth-order valence-corrected chi connectivity index (χ4v) is 4.90. The zero-order valence-electron chi connectivity index (χ0n) is 16.6. The number of aromatic nitrogens is 1. The summed E-state index contributed by atoms with van der Waals surface area (Å²) in [6.07, 6.45) is -2.06. The number of benzene rings is 2. The van der Waals surface area contributed by atoms with E-state index >= 15 is 0 Å². The van der Waals surface area contributed by atoms with Gasteiger partial charge in [-0.2, -0.15) is 13.2 Å². The van der Waals surface area contributed by atoms with Crippen molar-refractivity contribution in [3.63, 3.8) is 0 Å². The molecular weight excluding hydrogens is 441 g/mol. The van der Waals surface area contributed by atoms with Crippen LogP contribution >= 0.6 is 22.7 Å². The molecule has 4 rings (SSSR count). The minimum Gasteiger partial charge on any atom is -0.385 e. The number of hydrogen-bond acceptors (Lipinski definition) is 6. The summed E-state index contributed by atoms with van der Waals surface area (Å²) in [6, 6.07) is 14.7. The molecule has 0 atom stereocenters. The number of azo groups is 1. The third-order valence-electron chi connectivity index (χ3n) is 4.53. The molecule has 2 aromatic heterocycles. The van der Waals surface area contributed by atoms with Crippen LogP contribution in [-0.4, -0.2) is 11.5 Å². The number of hydrogen-bond donors (Lipinski definition) is 1. The Morgan fingerprint density at radius 2 is 1.71 bits per heavy atom. The molecule has 0 fully saturated rings. The average molecular weight is 461 g/mol. The highest BCUT2D eigenvalue weighted by Gasteiger charge is 2.29. The lowest BCUT2D eigenvalue weighted by molar-refractivity contribution is -0.137. The molecule has 9 heteroatoms. The molecule has 0 spiro atoms. The summed E-state index contributed by atoms with van der Waals surface area (Å²) in [7, 11) is 0. The van der Waals surface area contributed by atoms with Gasteiger partial charge in [-0.25, -0.2) is 4.98 Å². The van der Waals surface area contributed by atoms with Crippen LogP contribution in [-0.2, 0) is 6.18 Å². The molecule has 0 aliphatic rings. The van der Waals surface area contributed by atoms with Gasteiger partial charge in [0, 0.05) is 17.8 Å². The molecule has 0 aliphatic carbocycles. The third kappa shape index (κ3) is 5.29. The molecule has 4 nitrogen and oxygen atoms in total. The van der Waals surface area contributed by atoms with Gasteiger partial charge in [-0.15, -0.1) is 21.6 Å². The van der Waals surface area contributed by atoms with Crippen LogP contribution in [0, 0.1) is 0 Å². The largest absolute Gasteiger partial charge is 0.416 e. The standard InChI is InChI=1S/C22H19F3N4S2/c1-2-3-12-26-16-8-4-14(5-9-16)20-27-21-18(30-20)13-19(31-21)29-28-17-10-6-15(7-11-17)22(23,24)25/h4-11,13,26H,2-3,12H2,1H3. The van der Waals surface area contributed by atoms with Crippen molar-refractivity contribution in [1.82, 2.24) is 4.98 Å². The van der Waals surface area contributed by atoms with E-state index in [1.54, 1.807) is 11.3 Å². The fourth-order valence-electron chi connectivity index (χ4n) is 2.86. The van der Waals surface area contributed by atoms with Gasteiger partial charge < -0.3 is 5.32 Å². The van der Waals surface area contributed by atoms with E-state index in [1.165, 1.54) is 23.5 Å². The molecule has 0 amide bonds. The van der Waals surface area contributed by atoms with Gasteiger partial charge in [-0.3, -0.25) is 0 Å². The van der Waals surface area contributed by atoms with Gasteiger partial charge >= 0.3 is 6.18 Å². The maximum Gasteiger partial charge on any atom is 0.416 e. The van der Waals surface area contributed by atoms with Crippen molar-refractivity contribution >= 4 is 48.6 Å². The van der Waals surface area contributed by atoms with E-state index in [0.29, 0.717) is 10.7 Å². The normalized spacial score (nSPS) is 12.1. The van der Waals surface area contributed by atoms with E-state index in [-0.39, 0.29) is 0 Å². The van der Waals surface area contributed by atoms with Crippen molar-refractivity contribution in [2.24, 2.45) is 10.2 Å². The SMILES string of the molecule is CCCCNc1ccc(-c2nc3sc(N=Nc4ccc(C(F)(F)F)cc4)cc3s2)cc1. The number of nitrogens with one attached hydrogen (secondary N) is 1. The minimum absolute atomic E-state index is 0.367. The first-order valence-electron chi connectivity index (χ1n) is 9.76.